The molecule has 1 heterocycles. The first kappa shape index (κ1) is 27.6. The van der Waals surface area contributed by atoms with Gasteiger partial charge in [-0.15, -0.1) is 0 Å². The van der Waals surface area contributed by atoms with E-state index in [1.165, 1.54) is 48.6 Å². The van der Waals surface area contributed by atoms with Crippen molar-refractivity contribution < 1.29 is 4.74 Å². The Balaban J connectivity index is 1.57. The Hall–Kier alpha value is -4.26. The predicted molar refractivity (Wildman–Crippen MR) is 186 cm³/mol. The number of aliphatic imine (C=N–C) groups is 1. The van der Waals surface area contributed by atoms with E-state index < -0.39 is 7.92 Å². The fourth-order valence-electron chi connectivity index (χ4n) is 6.26. The van der Waals surface area contributed by atoms with Crippen LogP contribution in [0.1, 0.15) is 26.3 Å². The molecule has 43 heavy (non-hydrogen) atoms. The van der Waals surface area contributed by atoms with Crippen molar-refractivity contribution in [1.29, 1.82) is 0 Å². The summed E-state index contributed by atoms with van der Waals surface area (Å²) in [6, 6.07) is 48.8. The average Bonchev–Trinajstić information content (AvgIpc) is 3.55. The summed E-state index contributed by atoms with van der Waals surface area (Å²) in [6.07, 6.45) is 0. The summed E-state index contributed by atoms with van der Waals surface area (Å²) in [5.41, 5.74) is 3.56. The van der Waals surface area contributed by atoms with E-state index in [-0.39, 0.29) is 6.04 Å². The molecule has 0 radical (unpaired) electrons. The Morgan fingerprint density at radius 3 is 1.74 bits per heavy atom. The van der Waals surface area contributed by atoms with Gasteiger partial charge in [-0.3, -0.25) is 0 Å². The third-order valence-corrected chi connectivity index (χ3v) is 11.4. The zero-order valence-electron chi connectivity index (χ0n) is 24.9. The highest BCUT2D eigenvalue weighted by Crippen LogP contribution is 2.44. The SMILES string of the molecule is CC(C)[C@H](C)[C@H]1COC(c2ccc3ccccc3c2-c2c(P(c3ccccc3)c3ccccc3)ccc3ccccc23)=N1. The van der Waals surface area contributed by atoms with Gasteiger partial charge in [0, 0.05) is 11.1 Å². The fourth-order valence-corrected chi connectivity index (χ4v) is 8.73. The summed E-state index contributed by atoms with van der Waals surface area (Å²) in [6.45, 7) is 7.47. The molecule has 0 saturated carbocycles. The molecule has 0 unspecified atom stereocenters. The van der Waals surface area contributed by atoms with Gasteiger partial charge in [0.15, 0.2) is 0 Å². The molecule has 0 aliphatic carbocycles. The average molecular weight is 578 g/mol. The van der Waals surface area contributed by atoms with E-state index in [0.29, 0.717) is 18.4 Å². The maximum atomic E-state index is 6.47. The monoisotopic (exact) mass is 577 g/mol. The highest BCUT2D eigenvalue weighted by atomic mass is 31.1. The third-order valence-electron chi connectivity index (χ3n) is 8.92. The molecule has 7 rings (SSSR count). The van der Waals surface area contributed by atoms with Gasteiger partial charge in [0.2, 0.25) is 5.90 Å². The van der Waals surface area contributed by atoms with E-state index in [4.69, 9.17) is 9.73 Å². The zero-order valence-corrected chi connectivity index (χ0v) is 25.8. The van der Waals surface area contributed by atoms with Crippen molar-refractivity contribution in [3.63, 3.8) is 0 Å². The molecule has 0 amide bonds. The highest BCUT2D eigenvalue weighted by molar-refractivity contribution is 7.80. The van der Waals surface area contributed by atoms with Crippen molar-refractivity contribution >= 4 is 51.3 Å². The molecule has 2 atom stereocenters. The molecule has 0 fully saturated rings. The van der Waals surface area contributed by atoms with E-state index in [9.17, 15) is 0 Å². The van der Waals surface area contributed by atoms with Crippen LogP contribution in [0.3, 0.4) is 0 Å². The number of ether oxygens (including phenoxy) is 1. The van der Waals surface area contributed by atoms with Crippen LogP contribution < -0.4 is 15.9 Å². The first-order valence-corrected chi connectivity index (χ1v) is 16.6. The summed E-state index contributed by atoms with van der Waals surface area (Å²) in [5, 5.41) is 8.94. The van der Waals surface area contributed by atoms with Gasteiger partial charge in [-0.05, 0) is 68.8 Å². The summed E-state index contributed by atoms with van der Waals surface area (Å²) >= 11 is 0. The molecule has 6 aromatic rings. The predicted octanol–water partition coefficient (Wildman–Crippen LogP) is 8.86. The number of fused-ring (bicyclic) bond motifs is 2. The summed E-state index contributed by atoms with van der Waals surface area (Å²) in [7, 11) is -0.852. The van der Waals surface area contributed by atoms with Crippen molar-refractivity contribution in [2.24, 2.45) is 16.8 Å². The van der Waals surface area contributed by atoms with Crippen LogP contribution in [0.5, 0.6) is 0 Å². The van der Waals surface area contributed by atoms with Crippen molar-refractivity contribution in [3.05, 3.63) is 139 Å². The summed E-state index contributed by atoms with van der Waals surface area (Å²) < 4.78 is 6.47. The van der Waals surface area contributed by atoms with Crippen molar-refractivity contribution in [2.75, 3.05) is 6.61 Å². The van der Waals surface area contributed by atoms with Crippen LogP contribution in [0, 0.1) is 11.8 Å². The van der Waals surface area contributed by atoms with Gasteiger partial charge < -0.3 is 4.74 Å². The molecule has 1 aliphatic rings. The lowest BCUT2D eigenvalue weighted by Crippen LogP contribution is -2.23. The normalized spacial score (nSPS) is 15.7. The number of benzene rings is 6. The first-order valence-electron chi connectivity index (χ1n) is 15.2. The minimum absolute atomic E-state index is 0.159. The molecule has 212 valence electrons. The van der Waals surface area contributed by atoms with Crippen LogP contribution in [0.25, 0.3) is 32.7 Å². The van der Waals surface area contributed by atoms with Crippen LogP contribution in [-0.2, 0) is 4.74 Å². The molecule has 1 aliphatic heterocycles. The van der Waals surface area contributed by atoms with E-state index in [0.717, 1.165) is 11.5 Å². The Morgan fingerprint density at radius 1 is 0.605 bits per heavy atom. The van der Waals surface area contributed by atoms with Crippen LogP contribution in [-0.4, -0.2) is 18.5 Å². The maximum absolute atomic E-state index is 6.47. The Morgan fingerprint density at radius 2 is 1.14 bits per heavy atom. The lowest BCUT2D eigenvalue weighted by Gasteiger charge is -2.25. The number of hydrogen-bond acceptors (Lipinski definition) is 2. The summed E-state index contributed by atoms with van der Waals surface area (Å²) in [5.74, 6) is 1.75. The number of nitrogens with zero attached hydrogens (tertiary/aromatic N) is 1. The Bertz CT molecular complexity index is 1890. The molecule has 0 N–H and O–H groups in total. The van der Waals surface area contributed by atoms with Gasteiger partial charge in [-0.25, -0.2) is 4.99 Å². The molecule has 6 aromatic carbocycles. The number of hydrogen-bond donors (Lipinski definition) is 0. The van der Waals surface area contributed by atoms with Crippen LogP contribution in [0.2, 0.25) is 0 Å². The van der Waals surface area contributed by atoms with Crippen molar-refractivity contribution in [3.8, 4) is 11.1 Å². The van der Waals surface area contributed by atoms with E-state index >= 15 is 0 Å². The smallest absolute Gasteiger partial charge is 0.217 e. The third kappa shape index (κ3) is 5.15. The molecule has 0 aromatic heterocycles. The minimum Gasteiger partial charge on any atom is -0.475 e. The van der Waals surface area contributed by atoms with Gasteiger partial charge in [0.1, 0.15) is 6.61 Å². The second-order valence-electron chi connectivity index (χ2n) is 11.8. The standard InChI is InChI=1S/C40H36NOP/c1-27(2)28(3)36-26-42-40(41-36)35-24-22-29-14-10-12-20-33(29)38(35)39-34-21-13-11-15-30(34)23-25-37(39)43(31-16-6-4-7-17-31)32-18-8-5-9-19-32/h4-25,27-28,36H,26H2,1-3H3/t28-,36+/m0/s1. The molecule has 2 nitrogen and oxygen atoms in total. The fraction of sp³-hybridized carbons (Fsp3) is 0.175. The van der Waals surface area contributed by atoms with E-state index in [1.54, 1.807) is 0 Å². The second kappa shape index (κ2) is 11.8. The number of rotatable bonds is 7. The second-order valence-corrected chi connectivity index (χ2v) is 14.0. The van der Waals surface area contributed by atoms with E-state index in [1.807, 2.05) is 0 Å². The van der Waals surface area contributed by atoms with Gasteiger partial charge in [0.05, 0.1) is 6.04 Å². The molecule has 0 bridgehead atoms. The zero-order chi connectivity index (χ0) is 29.3. The molecular weight excluding hydrogens is 541 g/mol. The highest BCUT2D eigenvalue weighted by Gasteiger charge is 2.31. The van der Waals surface area contributed by atoms with E-state index in [2.05, 4.69) is 154 Å². The lowest BCUT2D eigenvalue weighted by atomic mass is 9.89. The molecular formula is C40H36NOP. The Labute approximate surface area is 255 Å². The molecule has 0 spiro atoms. The van der Waals surface area contributed by atoms with Crippen LogP contribution in [0.4, 0.5) is 0 Å². The largest absolute Gasteiger partial charge is 0.475 e. The molecule has 0 saturated heterocycles. The molecule has 3 heteroatoms. The first-order chi connectivity index (χ1) is 21.1. The lowest BCUT2D eigenvalue weighted by molar-refractivity contribution is 0.256. The quantitative estimate of drug-likeness (QED) is 0.174. The van der Waals surface area contributed by atoms with Gasteiger partial charge >= 0.3 is 0 Å². The van der Waals surface area contributed by atoms with Crippen LogP contribution >= 0.6 is 7.92 Å². The van der Waals surface area contributed by atoms with Gasteiger partial charge in [-0.2, -0.15) is 0 Å². The van der Waals surface area contributed by atoms with Crippen LogP contribution in [0.15, 0.2) is 138 Å². The Kier molecular flexibility index (Phi) is 7.56. The topological polar surface area (TPSA) is 21.6 Å². The maximum Gasteiger partial charge on any atom is 0.217 e. The van der Waals surface area contributed by atoms with Crippen molar-refractivity contribution in [2.45, 2.75) is 26.8 Å². The summed E-state index contributed by atoms with van der Waals surface area (Å²) in [4.78, 5) is 5.24. The van der Waals surface area contributed by atoms with Gasteiger partial charge in [-0.1, -0.05) is 148 Å². The minimum atomic E-state index is -0.852. The van der Waals surface area contributed by atoms with Gasteiger partial charge in [0.25, 0.3) is 0 Å². The van der Waals surface area contributed by atoms with Crippen molar-refractivity contribution in [1.82, 2.24) is 0 Å².